The van der Waals surface area contributed by atoms with Crippen molar-refractivity contribution in [1.82, 2.24) is 20.2 Å². The number of H-pyrrole nitrogens is 1. The minimum Gasteiger partial charge on any atom is -0.363 e. The SMILES string of the molecule is CCNC(=O)Nc1nc2cc(C3(O)c4ccccc4C(=O)N3[C@H](C)c3ccccc3)ccc2[nH]1. The molecule has 1 aromatic heterocycles. The Kier molecular flexibility index (Phi) is 5.30. The van der Waals surface area contributed by atoms with Crippen molar-refractivity contribution in [2.24, 2.45) is 0 Å². The molecule has 8 nitrogen and oxygen atoms in total. The molecule has 172 valence electrons. The number of fused-ring (bicyclic) bond motifs is 2. The van der Waals surface area contributed by atoms with Gasteiger partial charge in [0.2, 0.25) is 5.95 Å². The molecule has 0 saturated heterocycles. The third kappa shape index (κ3) is 3.39. The number of carbonyl (C=O) groups is 2. The van der Waals surface area contributed by atoms with E-state index in [1.165, 1.54) is 4.90 Å². The molecule has 3 aromatic carbocycles. The summed E-state index contributed by atoms with van der Waals surface area (Å²) in [6.45, 7) is 4.23. The molecule has 0 aliphatic carbocycles. The monoisotopic (exact) mass is 455 g/mol. The maximum atomic E-state index is 13.5. The summed E-state index contributed by atoms with van der Waals surface area (Å²) in [7, 11) is 0. The molecule has 5 rings (SSSR count). The Labute approximate surface area is 196 Å². The first-order chi connectivity index (χ1) is 16.4. The van der Waals surface area contributed by atoms with Crippen molar-refractivity contribution in [1.29, 1.82) is 0 Å². The fraction of sp³-hybridized carbons (Fsp3) is 0.192. The molecule has 34 heavy (non-hydrogen) atoms. The summed E-state index contributed by atoms with van der Waals surface area (Å²) in [6, 6.07) is 21.3. The molecule has 1 unspecified atom stereocenters. The van der Waals surface area contributed by atoms with E-state index in [1.807, 2.05) is 50.2 Å². The molecule has 8 heteroatoms. The van der Waals surface area contributed by atoms with Crippen LogP contribution in [0.25, 0.3) is 11.0 Å². The molecule has 0 spiro atoms. The number of benzene rings is 3. The second-order valence-corrected chi connectivity index (χ2v) is 8.28. The highest BCUT2D eigenvalue weighted by Gasteiger charge is 2.51. The van der Waals surface area contributed by atoms with E-state index in [0.29, 0.717) is 40.2 Å². The highest BCUT2D eigenvalue weighted by atomic mass is 16.3. The Morgan fingerprint density at radius 1 is 1.12 bits per heavy atom. The van der Waals surface area contributed by atoms with E-state index in [-0.39, 0.29) is 11.9 Å². The number of nitrogens with one attached hydrogen (secondary N) is 3. The molecule has 1 aliphatic rings. The summed E-state index contributed by atoms with van der Waals surface area (Å²) in [6.07, 6.45) is 0. The summed E-state index contributed by atoms with van der Waals surface area (Å²) in [5, 5.41) is 17.6. The topological polar surface area (TPSA) is 110 Å². The molecule has 1 aliphatic heterocycles. The number of urea groups is 1. The summed E-state index contributed by atoms with van der Waals surface area (Å²) in [5.41, 5.74) is 1.98. The van der Waals surface area contributed by atoms with Crippen LogP contribution >= 0.6 is 0 Å². The summed E-state index contributed by atoms with van der Waals surface area (Å²) >= 11 is 0. The predicted molar refractivity (Wildman–Crippen MR) is 129 cm³/mol. The molecule has 3 amide bonds. The van der Waals surface area contributed by atoms with Crippen LogP contribution in [0.15, 0.2) is 72.8 Å². The van der Waals surface area contributed by atoms with E-state index in [2.05, 4.69) is 20.6 Å². The standard InChI is InChI=1S/C26H25N5O3/c1-3-27-25(33)30-24-28-21-14-13-18(15-22(21)29-24)26(34)20-12-8-7-11-19(20)23(32)31(26)16(2)17-9-5-4-6-10-17/h4-16,34H,3H2,1-2H3,(H3,27,28,29,30,33)/t16-,26?/m1/s1. The summed E-state index contributed by atoms with van der Waals surface area (Å²) in [5.74, 6) is 0.0534. The van der Waals surface area contributed by atoms with Crippen molar-refractivity contribution < 1.29 is 14.7 Å². The molecule has 0 saturated carbocycles. The van der Waals surface area contributed by atoms with Crippen LogP contribution in [0.2, 0.25) is 0 Å². The lowest BCUT2D eigenvalue weighted by Crippen LogP contribution is -2.46. The molecule has 2 heterocycles. The van der Waals surface area contributed by atoms with Gasteiger partial charge in [-0.15, -0.1) is 0 Å². The number of aromatic nitrogens is 2. The van der Waals surface area contributed by atoms with Gasteiger partial charge in [-0.3, -0.25) is 15.0 Å². The third-order valence-electron chi connectivity index (χ3n) is 6.22. The zero-order valence-corrected chi connectivity index (χ0v) is 18.9. The largest absolute Gasteiger partial charge is 0.363 e. The van der Waals surface area contributed by atoms with Crippen LogP contribution in [-0.4, -0.2) is 38.5 Å². The second-order valence-electron chi connectivity index (χ2n) is 8.28. The molecular formula is C26H25N5O3. The lowest BCUT2D eigenvalue weighted by atomic mass is 9.92. The quantitative estimate of drug-likeness (QED) is 0.363. The number of carbonyl (C=O) groups excluding carboxylic acids is 2. The van der Waals surface area contributed by atoms with Gasteiger partial charge in [0.05, 0.1) is 17.1 Å². The third-order valence-corrected chi connectivity index (χ3v) is 6.22. The number of hydrogen-bond donors (Lipinski definition) is 4. The number of aliphatic hydroxyl groups is 1. The number of imidazole rings is 1. The van der Waals surface area contributed by atoms with Gasteiger partial charge in [-0.2, -0.15) is 0 Å². The maximum Gasteiger partial charge on any atom is 0.321 e. The number of aromatic amines is 1. The van der Waals surface area contributed by atoms with Crippen LogP contribution in [-0.2, 0) is 5.72 Å². The van der Waals surface area contributed by atoms with E-state index in [4.69, 9.17) is 0 Å². The Hall–Kier alpha value is -4.17. The van der Waals surface area contributed by atoms with Gasteiger partial charge >= 0.3 is 6.03 Å². The Bertz CT molecular complexity index is 1380. The zero-order valence-electron chi connectivity index (χ0n) is 18.9. The van der Waals surface area contributed by atoms with Crippen LogP contribution < -0.4 is 10.6 Å². The van der Waals surface area contributed by atoms with Gasteiger partial charge in [-0.1, -0.05) is 54.6 Å². The van der Waals surface area contributed by atoms with Gasteiger partial charge in [-0.25, -0.2) is 9.78 Å². The number of amides is 3. The first-order valence-corrected chi connectivity index (χ1v) is 11.2. The van der Waals surface area contributed by atoms with Gasteiger partial charge < -0.3 is 15.4 Å². The van der Waals surface area contributed by atoms with E-state index < -0.39 is 11.8 Å². The van der Waals surface area contributed by atoms with Crippen molar-refractivity contribution in [3.63, 3.8) is 0 Å². The van der Waals surface area contributed by atoms with E-state index in [9.17, 15) is 14.7 Å². The Balaban J connectivity index is 1.61. The number of anilines is 1. The summed E-state index contributed by atoms with van der Waals surface area (Å²) in [4.78, 5) is 34.5. The van der Waals surface area contributed by atoms with Crippen LogP contribution in [0.4, 0.5) is 10.7 Å². The molecule has 0 fully saturated rings. The van der Waals surface area contributed by atoms with Gasteiger partial charge in [0.1, 0.15) is 0 Å². The first-order valence-electron chi connectivity index (χ1n) is 11.2. The van der Waals surface area contributed by atoms with Crippen LogP contribution in [0.1, 0.15) is 46.9 Å². The highest BCUT2D eigenvalue weighted by Crippen LogP contribution is 2.47. The molecule has 4 N–H and O–H groups in total. The smallest absolute Gasteiger partial charge is 0.321 e. The second kappa shape index (κ2) is 8.31. The minimum atomic E-state index is -1.69. The lowest BCUT2D eigenvalue weighted by Gasteiger charge is -2.39. The average molecular weight is 456 g/mol. The van der Waals surface area contributed by atoms with Crippen molar-refractivity contribution in [2.75, 3.05) is 11.9 Å². The zero-order chi connectivity index (χ0) is 23.9. The van der Waals surface area contributed by atoms with Crippen molar-refractivity contribution in [3.05, 3.63) is 95.1 Å². The van der Waals surface area contributed by atoms with Crippen LogP contribution in [0, 0.1) is 0 Å². The Morgan fingerprint density at radius 2 is 1.85 bits per heavy atom. The fourth-order valence-electron chi connectivity index (χ4n) is 4.61. The normalized spacial score (nSPS) is 18.1. The van der Waals surface area contributed by atoms with E-state index in [0.717, 1.165) is 5.56 Å². The van der Waals surface area contributed by atoms with Gasteiger partial charge in [0.15, 0.2) is 5.72 Å². The van der Waals surface area contributed by atoms with Gasteiger partial charge in [0, 0.05) is 23.2 Å². The van der Waals surface area contributed by atoms with Gasteiger partial charge in [0.25, 0.3) is 5.91 Å². The highest BCUT2D eigenvalue weighted by molar-refractivity contribution is 6.01. The minimum absolute atomic E-state index is 0.241. The molecular weight excluding hydrogens is 430 g/mol. The predicted octanol–water partition coefficient (Wildman–Crippen LogP) is 4.11. The molecule has 0 radical (unpaired) electrons. The molecule has 2 atom stereocenters. The van der Waals surface area contributed by atoms with Crippen molar-refractivity contribution in [2.45, 2.75) is 25.6 Å². The number of hydrogen-bond acceptors (Lipinski definition) is 4. The van der Waals surface area contributed by atoms with Crippen molar-refractivity contribution in [3.8, 4) is 0 Å². The fourth-order valence-corrected chi connectivity index (χ4v) is 4.61. The number of rotatable bonds is 5. The summed E-state index contributed by atoms with van der Waals surface area (Å²) < 4.78 is 0. The van der Waals surface area contributed by atoms with Crippen molar-refractivity contribution >= 4 is 28.9 Å². The Morgan fingerprint density at radius 3 is 2.62 bits per heavy atom. The lowest BCUT2D eigenvalue weighted by molar-refractivity contribution is -0.0676. The molecule has 4 aromatic rings. The number of nitrogens with zero attached hydrogens (tertiary/aromatic N) is 2. The van der Waals surface area contributed by atoms with Gasteiger partial charge in [-0.05, 0) is 37.6 Å². The molecule has 0 bridgehead atoms. The maximum absolute atomic E-state index is 13.5. The average Bonchev–Trinajstić information content (AvgIpc) is 3.35. The van der Waals surface area contributed by atoms with Crippen LogP contribution in [0.5, 0.6) is 0 Å². The van der Waals surface area contributed by atoms with E-state index in [1.54, 1.807) is 36.4 Å². The van der Waals surface area contributed by atoms with Crippen LogP contribution in [0.3, 0.4) is 0 Å². The van der Waals surface area contributed by atoms with E-state index >= 15 is 0 Å². The first kappa shape index (κ1) is 21.7.